The molecule has 0 spiro atoms. The van der Waals surface area contributed by atoms with Crippen LogP contribution >= 0.6 is 0 Å². The number of aromatic carboxylic acids is 1. The van der Waals surface area contributed by atoms with Crippen molar-refractivity contribution in [2.75, 3.05) is 19.6 Å². The highest BCUT2D eigenvalue weighted by Crippen LogP contribution is 2.16. The van der Waals surface area contributed by atoms with E-state index in [2.05, 4.69) is 23.5 Å². The minimum atomic E-state index is -3.72. The number of hydrogen-bond donors (Lipinski definition) is 2. The fourth-order valence-corrected chi connectivity index (χ4v) is 3.86. The minimum Gasteiger partial charge on any atom is -0.478 e. The molecule has 0 fully saturated rings. The van der Waals surface area contributed by atoms with E-state index in [4.69, 9.17) is 5.11 Å². The maximum absolute atomic E-state index is 12.4. The van der Waals surface area contributed by atoms with Crippen molar-refractivity contribution in [1.82, 2.24) is 9.62 Å². The summed E-state index contributed by atoms with van der Waals surface area (Å²) in [7, 11) is -3.72. The highest BCUT2D eigenvalue weighted by molar-refractivity contribution is 7.89. The molecule has 1 rings (SSSR count). The molecule has 0 bridgehead atoms. The maximum atomic E-state index is 12.4. The van der Waals surface area contributed by atoms with Crippen LogP contribution in [0.2, 0.25) is 0 Å². The van der Waals surface area contributed by atoms with Gasteiger partial charge in [0, 0.05) is 6.04 Å². The second-order valence-electron chi connectivity index (χ2n) is 5.97. The summed E-state index contributed by atoms with van der Waals surface area (Å²) in [6.45, 7) is 10.6. The summed E-state index contributed by atoms with van der Waals surface area (Å²) in [6.07, 6.45) is 1.63. The topological polar surface area (TPSA) is 86.7 Å². The van der Waals surface area contributed by atoms with E-state index in [0.29, 0.717) is 5.56 Å². The number of aryl methyl sites for hydroxylation is 1. The molecule has 24 heavy (non-hydrogen) atoms. The number of nitrogens with one attached hydrogen (secondary N) is 1. The molecule has 0 aliphatic rings. The number of sulfonamides is 1. The van der Waals surface area contributed by atoms with Gasteiger partial charge < -0.3 is 10.0 Å². The molecule has 1 aromatic rings. The average Bonchev–Trinajstić information content (AvgIpc) is 2.51. The molecule has 1 aromatic carbocycles. The van der Waals surface area contributed by atoms with Gasteiger partial charge in [-0.05, 0) is 64.0 Å². The quantitative estimate of drug-likeness (QED) is 0.672. The van der Waals surface area contributed by atoms with Crippen LogP contribution in [0.15, 0.2) is 23.1 Å². The monoisotopic (exact) mass is 356 g/mol. The van der Waals surface area contributed by atoms with E-state index in [1.807, 2.05) is 6.92 Å². The van der Waals surface area contributed by atoms with Crippen LogP contribution in [-0.4, -0.2) is 50.1 Å². The zero-order valence-corrected chi connectivity index (χ0v) is 15.7. The van der Waals surface area contributed by atoms with Crippen LogP contribution in [0.3, 0.4) is 0 Å². The Kier molecular flexibility index (Phi) is 7.86. The van der Waals surface area contributed by atoms with Gasteiger partial charge in [0.15, 0.2) is 0 Å². The summed E-state index contributed by atoms with van der Waals surface area (Å²) in [5.41, 5.74) is 0.542. The summed E-state index contributed by atoms with van der Waals surface area (Å²) < 4.78 is 27.5. The molecule has 0 saturated carbocycles. The fourth-order valence-electron chi connectivity index (χ4n) is 2.55. The van der Waals surface area contributed by atoms with Crippen LogP contribution in [0.4, 0.5) is 0 Å². The van der Waals surface area contributed by atoms with Crippen molar-refractivity contribution in [3.05, 3.63) is 29.3 Å². The van der Waals surface area contributed by atoms with Crippen LogP contribution in [-0.2, 0) is 10.0 Å². The van der Waals surface area contributed by atoms with Crippen LogP contribution < -0.4 is 4.72 Å². The number of carboxylic acid groups (broad SMARTS) is 1. The van der Waals surface area contributed by atoms with Crippen molar-refractivity contribution < 1.29 is 18.3 Å². The van der Waals surface area contributed by atoms with Gasteiger partial charge >= 0.3 is 5.97 Å². The first-order valence-corrected chi connectivity index (χ1v) is 9.78. The lowest BCUT2D eigenvalue weighted by atomic mass is 10.1. The number of carbonyl (C=O) groups is 1. The molecule has 136 valence electrons. The molecular formula is C17H28N2O4S. The van der Waals surface area contributed by atoms with Crippen LogP contribution in [0.5, 0.6) is 0 Å². The van der Waals surface area contributed by atoms with Crippen molar-refractivity contribution >= 4 is 16.0 Å². The van der Waals surface area contributed by atoms with E-state index in [9.17, 15) is 13.2 Å². The van der Waals surface area contributed by atoms with E-state index >= 15 is 0 Å². The van der Waals surface area contributed by atoms with Gasteiger partial charge in [-0.15, -0.1) is 0 Å². The fraction of sp³-hybridized carbons (Fsp3) is 0.588. The smallest absolute Gasteiger partial charge is 0.335 e. The average molecular weight is 356 g/mol. The van der Waals surface area contributed by atoms with Gasteiger partial charge in [-0.25, -0.2) is 17.9 Å². The Morgan fingerprint density at radius 1 is 1.29 bits per heavy atom. The van der Waals surface area contributed by atoms with E-state index < -0.39 is 16.0 Å². The van der Waals surface area contributed by atoms with E-state index in [0.717, 1.165) is 32.5 Å². The zero-order chi connectivity index (χ0) is 18.3. The van der Waals surface area contributed by atoms with Gasteiger partial charge in [0.25, 0.3) is 0 Å². The first kappa shape index (κ1) is 20.6. The van der Waals surface area contributed by atoms with Gasteiger partial charge in [-0.2, -0.15) is 0 Å². The van der Waals surface area contributed by atoms with Gasteiger partial charge in [0.2, 0.25) is 10.0 Å². The Morgan fingerprint density at radius 2 is 1.92 bits per heavy atom. The third-order valence-corrected chi connectivity index (χ3v) is 5.70. The molecule has 7 heteroatoms. The second-order valence-corrected chi connectivity index (χ2v) is 7.69. The number of rotatable bonds is 10. The first-order chi connectivity index (χ1) is 11.2. The summed E-state index contributed by atoms with van der Waals surface area (Å²) in [4.78, 5) is 13.4. The molecule has 1 atom stereocenters. The Hall–Kier alpha value is -1.44. The lowest BCUT2D eigenvalue weighted by Crippen LogP contribution is -2.33. The van der Waals surface area contributed by atoms with Crippen molar-refractivity contribution in [3.63, 3.8) is 0 Å². The van der Waals surface area contributed by atoms with E-state index in [1.54, 1.807) is 6.92 Å². The third-order valence-electron chi connectivity index (χ3n) is 4.11. The van der Waals surface area contributed by atoms with Gasteiger partial charge in [-0.3, -0.25) is 0 Å². The van der Waals surface area contributed by atoms with Gasteiger partial charge in [0.05, 0.1) is 10.5 Å². The van der Waals surface area contributed by atoms with Gasteiger partial charge in [-0.1, -0.05) is 19.9 Å². The Morgan fingerprint density at radius 3 is 2.46 bits per heavy atom. The molecule has 0 heterocycles. The second kappa shape index (κ2) is 9.15. The number of hydrogen-bond acceptors (Lipinski definition) is 4. The molecule has 0 amide bonds. The molecular weight excluding hydrogens is 328 g/mol. The van der Waals surface area contributed by atoms with Gasteiger partial charge in [0.1, 0.15) is 0 Å². The third kappa shape index (κ3) is 5.89. The summed E-state index contributed by atoms with van der Waals surface area (Å²) >= 11 is 0. The lowest BCUT2D eigenvalue weighted by molar-refractivity contribution is 0.0696. The predicted molar refractivity (Wildman–Crippen MR) is 94.9 cm³/mol. The Bertz CT molecular complexity index is 655. The Balaban J connectivity index is 2.72. The van der Waals surface area contributed by atoms with E-state index in [1.165, 1.54) is 18.2 Å². The molecule has 0 radical (unpaired) electrons. The molecule has 2 N–H and O–H groups in total. The minimum absolute atomic E-state index is 0.00654. The van der Waals surface area contributed by atoms with Crippen molar-refractivity contribution in [3.8, 4) is 0 Å². The van der Waals surface area contributed by atoms with Crippen LogP contribution in [0.25, 0.3) is 0 Å². The molecule has 0 saturated heterocycles. The molecule has 0 aliphatic carbocycles. The Labute approximate surface area is 144 Å². The largest absolute Gasteiger partial charge is 0.478 e. The molecule has 0 unspecified atom stereocenters. The lowest BCUT2D eigenvalue weighted by Gasteiger charge is -2.20. The molecule has 0 aliphatic heterocycles. The maximum Gasteiger partial charge on any atom is 0.335 e. The predicted octanol–water partition coefficient (Wildman–Crippen LogP) is 2.48. The summed E-state index contributed by atoms with van der Waals surface area (Å²) in [6, 6.07) is 3.96. The van der Waals surface area contributed by atoms with E-state index in [-0.39, 0.29) is 16.5 Å². The number of carboxylic acids is 1. The standard InChI is InChI=1S/C17H28N2O4S/c1-5-19(6-2)11-7-8-14(4)18-24(22,23)15-10-9-13(3)16(12-15)17(20)21/h9-10,12,14,18H,5-8,11H2,1-4H3,(H,20,21)/t14-/m0/s1. The molecule has 6 nitrogen and oxygen atoms in total. The van der Waals surface area contributed by atoms with Crippen LogP contribution in [0.1, 0.15) is 49.5 Å². The van der Waals surface area contributed by atoms with Crippen molar-refractivity contribution in [2.45, 2.75) is 51.5 Å². The summed E-state index contributed by atoms with van der Waals surface area (Å²) in [5, 5.41) is 9.13. The van der Waals surface area contributed by atoms with Crippen LogP contribution in [0, 0.1) is 6.92 Å². The normalized spacial score (nSPS) is 13.2. The number of benzene rings is 1. The zero-order valence-electron chi connectivity index (χ0n) is 14.9. The first-order valence-electron chi connectivity index (χ1n) is 8.29. The highest BCUT2D eigenvalue weighted by atomic mass is 32.2. The molecule has 0 aromatic heterocycles. The van der Waals surface area contributed by atoms with Crippen molar-refractivity contribution in [2.24, 2.45) is 0 Å². The highest BCUT2D eigenvalue weighted by Gasteiger charge is 2.20. The van der Waals surface area contributed by atoms with Crippen molar-refractivity contribution in [1.29, 1.82) is 0 Å². The summed E-state index contributed by atoms with van der Waals surface area (Å²) in [5.74, 6) is -1.13. The SMILES string of the molecule is CCN(CC)CCC[C@H](C)NS(=O)(=O)c1ccc(C)c(C(=O)O)c1. The number of nitrogens with zero attached hydrogens (tertiary/aromatic N) is 1.